The Hall–Kier alpha value is -1.40. The molecule has 1 saturated heterocycles. The van der Waals surface area contributed by atoms with Gasteiger partial charge in [0.2, 0.25) is 0 Å². The van der Waals surface area contributed by atoms with Crippen LogP contribution in [0, 0.1) is 12.8 Å². The van der Waals surface area contributed by atoms with Gasteiger partial charge >= 0.3 is 0 Å². The van der Waals surface area contributed by atoms with Crippen molar-refractivity contribution < 1.29 is 14.3 Å². The Morgan fingerprint density at radius 3 is 2.86 bits per heavy atom. The van der Waals surface area contributed by atoms with E-state index in [2.05, 4.69) is 17.3 Å². The molecule has 1 aromatic heterocycles. The largest absolute Gasteiger partial charge is 0.349 e. The maximum atomic E-state index is 12.2. The molecule has 2 fully saturated rings. The van der Waals surface area contributed by atoms with Crippen LogP contribution in [-0.4, -0.2) is 40.7 Å². The molecular weight excluding hydrogens is 282 g/mol. The predicted molar refractivity (Wildman–Crippen MR) is 81.5 cm³/mol. The summed E-state index contributed by atoms with van der Waals surface area (Å²) in [6, 6.07) is 0. The van der Waals surface area contributed by atoms with Crippen LogP contribution in [0.15, 0.2) is 6.20 Å². The van der Waals surface area contributed by atoms with Crippen LogP contribution in [0.25, 0.3) is 0 Å². The maximum Gasteiger partial charge on any atom is 0.254 e. The summed E-state index contributed by atoms with van der Waals surface area (Å²) in [4.78, 5) is 12.2. The number of hydrogen-bond donors (Lipinski definition) is 1. The zero-order valence-corrected chi connectivity index (χ0v) is 13.6. The summed E-state index contributed by atoms with van der Waals surface area (Å²) in [5, 5.41) is 7.02. The van der Waals surface area contributed by atoms with Crippen LogP contribution in [0.2, 0.25) is 0 Å². The van der Waals surface area contributed by atoms with E-state index in [1.165, 1.54) is 0 Å². The van der Waals surface area contributed by atoms with Gasteiger partial charge in [0.1, 0.15) is 6.10 Å². The van der Waals surface area contributed by atoms with E-state index in [1.54, 1.807) is 10.9 Å². The number of amides is 1. The summed E-state index contributed by atoms with van der Waals surface area (Å²) in [5.74, 6) is 0.254. The molecule has 22 heavy (non-hydrogen) atoms. The Morgan fingerprint density at radius 1 is 1.50 bits per heavy atom. The monoisotopic (exact) mass is 307 g/mol. The normalized spacial score (nSPS) is 31.6. The van der Waals surface area contributed by atoms with Crippen molar-refractivity contribution in [3.8, 4) is 0 Å². The summed E-state index contributed by atoms with van der Waals surface area (Å²) in [6.45, 7) is 5.19. The zero-order valence-electron chi connectivity index (χ0n) is 13.6. The average molecular weight is 307 g/mol. The topological polar surface area (TPSA) is 65.4 Å². The molecule has 0 radical (unpaired) electrons. The van der Waals surface area contributed by atoms with Gasteiger partial charge in [-0.05, 0) is 25.7 Å². The van der Waals surface area contributed by atoms with Gasteiger partial charge in [-0.2, -0.15) is 5.10 Å². The lowest BCUT2D eigenvalue weighted by atomic mass is 9.86. The van der Waals surface area contributed by atoms with Crippen LogP contribution in [0.5, 0.6) is 0 Å². The molecular formula is C16H25N3O3. The third kappa shape index (κ3) is 3.03. The molecule has 1 aliphatic heterocycles. The third-order valence-corrected chi connectivity index (χ3v) is 4.92. The zero-order chi connectivity index (χ0) is 15.7. The van der Waals surface area contributed by atoms with E-state index < -0.39 is 5.79 Å². The molecule has 1 unspecified atom stereocenters. The average Bonchev–Trinajstić information content (AvgIpc) is 3.06. The van der Waals surface area contributed by atoms with Gasteiger partial charge in [-0.15, -0.1) is 0 Å². The lowest BCUT2D eigenvalue weighted by Crippen LogP contribution is -2.38. The first-order valence-corrected chi connectivity index (χ1v) is 8.08. The van der Waals surface area contributed by atoms with E-state index in [0.29, 0.717) is 18.7 Å². The molecule has 1 N–H and O–H groups in total. The van der Waals surface area contributed by atoms with Crippen LogP contribution in [0.3, 0.4) is 0 Å². The first-order chi connectivity index (χ1) is 10.5. The molecule has 1 atom stereocenters. The van der Waals surface area contributed by atoms with Crippen molar-refractivity contribution in [3.05, 3.63) is 17.5 Å². The molecule has 2 heterocycles. The molecule has 6 nitrogen and oxygen atoms in total. The first-order valence-electron chi connectivity index (χ1n) is 8.08. The van der Waals surface area contributed by atoms with Gasteiger partial charge in [-0.25, -0.2) is 0 Å². The quantitative estimate of drug-likeness (QED) is 0.924. The highest BCUT2D eigenvalue weighted by atomic mass is 16.7. The van der Waals surface area contributed by atoms with E-state index in [-0.39, 0.29) is 12.0 Å². The molecule has 1 amide bonds. The van der Waals surface area contributed by atoms with Crippen LogP contribution in [-0.2, 0) is 16.5 Å². The number of carbonyl (C=O) groups excluding carboxylic acids is 1. The van der Waals surface area contributed by atoms with Gasteiger partial charge < -0.3 is 14.8 Å². The summed E-state index contributed by atoms with van der Waals surface area (Å²) in [5.41, 5.74) is 1.47. The van der Waals surface area contributed by atoms with Gasteiger partial charge in [0.15, 0.2) is 5.79 Å². The fourth-order valence-corrected chi connectivity index (χ4v) is 3.20. The number of aryl methyl sites for hydroxylation is 1. The van der Waals surface area contributed by atoms with E-state index in [4.69, 9.17) is 9.47 Å². The van der Waals surface area contributed by atoms with Gasteiger partial charge in [-0.1, -0.05) is 6.92 Å². The summed E-state index contributed by atoms with van der Waals surface area (Å²) in [6.07, 6.45) is 5.75. The highest BCUT2D eigenvalue weighted by Gasteiger charge is 2.43. The second-order valence-electron chi connectivity index (χ2n) is 6.62. The number of aromatic nitrogens is 2. The van der Waals surface area contributed by atoms with Gasteiger partial charge in [-0.3, -0.25) is 9.48 Å². The lowest BCUT2D eigenvalue weighted by Gasteiger charge is -2.34. The number of ether oxygens (including phenoxy) is 2. The van der Waals surface area contributed by atoms with Crippen molar-refractivity contribution >= 4 is 5.91 Å². The van der Waals surface area contributed by atoms with Crippen LogP contribution >= 0.6 is 0 Å². The number of carbonyl (C=O) groups is 1. The number of hydrogen-bond acceptors (Lipinski definition) is 4. The van der Waals surface area contributed by atoms with Crippen molar-refractivity contribution in [1.29, 1.82) is 0 Å². The number of rotatable bonds is 3. The maximum absolute atomic E-state index is 12.2. The fraction of sp³-hybridized carbons (Fsp3) is 0.750. The van der Waals surface area contributed by atoms with Crippen molar-refractivity contribution in [1.82, 2.24) is 15.1 Å². The highest BCUT2D eigenvalue weighted by molar-refractivity contribution is 5.95. The second-order valence-corrected chi connectivity index (χ2v) is 6.62. The molecule has 2 aliphatic rings. The van der Waals surface area contributed by atoms with E-state index in [0.717, 1.165) is 37.3 Å². The standard InChI is InChI=1S/C16H25N3O3/c1-11-4-6-16(7-5-11)21-10-13(22-16)8-17-15(20)14-9-18-19(3)12(14)2/h9,11,13H,4-8,10H2,1-3H3,(H,17,20). The second kappa shape index (κ2) is 6.01. The van der Waals surface area contributed by atoms with Crippen LogP contribution < -0.4 is 5.32 Å². The molecule has 1 spiro atoms. The minimum absolute atomic E-state index is 0.0608. The molecule has 1 saturated carbocycles. The molecule has 1 aliphatic carbocycles. The van der Waals surface area contributed by atoms with Gasteiger partial charge in [0.25, 0.3) is 5.91 Å². The summed E-state index contributed by atoms with van der Waals surface area (Å²) >= 11 is 0. The molecule has 0 aromatic carbocycles. The Kier molecular flexibility index (Phi) is 4.23. The van der Waals surface area contributed by atoms with E-state index >= 15 is 0 Å². The first kappa shape index (κ1) is 15.5. The Labute approximate surface area is 131 Å². The van der Waals surface area contributed by atoms with Crippen molar-refractivity contribution in [2.45, 2.75) is 51.4 Å². The SMILES string of the molecule is Cc1c(C(=O)NCC2COC3(CCC(C)CC3)O2)cnn1C. The molecule has 0 bridgehead atoms. The predicted octanol–water partition coefficient (Wildman–Crippen LogP) is 1.78. The Balaban J connectivity index is 1.51. The minimum Gasteiger partial charge on any atom is -0.349 e. The van der Waals surface area contributed by atoms with E-state index in [9.17, 15) is 4.79 Å². The molecule has 122 valence electrons. The van der Waals surface area contributed by atoms with Gasteiger partial charge in [0, 0.05) is 32.1 Å². The van der Waals surface area contributed by atoms with Crippen molar-refractivity contribution in [3.63, 3.8) is 0 Å². The Bertz CT molecular complexity index is 547. The van der Waals surface area contributed by atoms with Crippen molar-refractivity contribution in [2.24, 2.45) is 13.0 Å². The van der Waals surface area contributed by atoms with Crippen LogP contribution in [0.4, 0.5) is 0 Å². The highest BCUT2D eigenvalue weighted by Crippen LogP contribution is 2.39. The fourth-order valence-electron chi connectivity index (χ4n) is 3.20. The number of nitrogens with zero attached hydrogens (tertiary/aromatic N) is 2. The molecule has 6 heteroatoms. The van der Waals surface area contributed by atoms with Crippen LogP contribution in [0.1, 0.15) is 48.7 Å². The minimum atomic E-state index is -0.397. The van der Waals surface area contributed by atoms with Gasteiger partial charge in [0.05, 0.1) is 18.4 Å². The number of nitrogens with one attached hydrogen (secondary N) is 1. The summed E-state index contributed by atoms with van der Waals surface area (Å²) < 4.78 is 13.7. The lowest BCUT2D eigenvalue weighted by molar-refractivity contribution is -0.191. The van der Waals surface area contributed by atoms with E-state index in [1.807, 2.05) is 14.0 Å². The molecule has 1 aromatic rings. The third-order valence-electron chi connectivity index (χ3n) is 4.92. The smallest absolute Gasteiger partial charge is 0.254 e. The molecule has 3 rings (SSSR count). The van der Waals surface area contributed by atoms with Crippen molar-refractivity contribution in [2.75, 3.05) is 13.2 Å². The Morgan fingerprint density at radius 2 is 2.23 bits per heavy atom. The summed E-state index contributed by atoms with van der Waals surface area (Å²) in [7, 11) is 1.83.